The highest BCUT2D eigenvalue weighted by molar-refractivity contribution is 6.93. The molecule has 0 aliphatic heterocycles. The molecule has 0 amide bonds. The molecule has 0 bridgehead atoms. The van der Waals surface area contributed by atoms with E-state index in [4.69, 9.17) is 16.4 Å². The highest BCUT2D eigenvalue weighted by Crippen LogP contribution is 2.53. The second-order valence-electron chi connectivity index (χ2n) is 4.04. The van der Waals surface area contributed by atoms with Crippen LogP contribution in [0.15, 0.2) is 11.1 Å². The van der Waals surface area contributed by atoms with Crippen molar-refractivity contribution in [3.63, 3.8) is 0 Å². The molecule has 0 spiro atoms. The lowest BCUT2D eigenvalue weighted by Crippen LogP contribution is -2.07. The van der Waals surface area contributed by atoms with Crippen LogP contribution < -0.4 is 0 Å². The Labute approximate surface area is 107 Å². The van der Waals surface area contributed by atoms with Crippen molar-refractivity contribution in [2.24, 2.45) is 11.3 Å². The van der Waals surface area contributed by atoms with Crippen molar-refractivity contribution in [3.8, 4) is 0 Å². The Kier molecular flexibility index (Phi) is 5.63. The maximum Gasteiger partial charge on any atom is 0.426 e. The minimum Gasteiger partial charge on any atom is -0.262 e. The van der Waals surface area contributed by atoms with Crippen molar-refractivity contribution < 1.29 is 18.0 Å². The predicted octanol–water partition coefficient (Wildman–Crippen LogP) is 5.30. The van der Waals surface area contributed by atoms with E-state index in [1.165, 1.54) is 0 Å². The summed E-state index contributed by atoms with van der Waals surface area (Å²) in [7, 11) is 0. The summed E-state index contributed by atoms with van der Waals surface area (Å²) in [4.78, 5) is 8.98. The Hall–Kier alpha value is 0.0700. The number of hydrogen-bond donors (Lipinski definition) is 0. The van der Waals surface area contributed by atoms with Crippen molar-refractivity contribution in [2.45, 2.75) is 26.4 Å². The van der Waals surface area contributed by atoms with Crippen molar-refractivity contribution in [1.82, 2.24) is 0 Å². The van der Waals surface area contributed by atoms with Gasteiger partial charge in [0.15, 0.2) is 0 Å². The molecular formula is C9H10Cl3F3O. The number of alkyl halides is 3. The van der Waals surface area contributed by atoms with Crippen molar-refractivity contribution >= 4 is 39.5 Å². The van der Waals surface area contributed by atoms with E-state index in [2.05, 4.69) is 23.2 Å². The van der Waals surface area contributed by atoms with Gasteiger partial charge in [0.1, 0.15) is 5.03 Å². The third-order valence-electron chi connectivity index (χ3n) is 2.21. The molecule has 94 valence electrons. The van der Waals surface area contributed by atoms with E-state index < -0.39 is 15.9 Å². The Morgan fingerprint density at radius 3 is 1.81 bits per heavy atom. The van der Waals surface area contributed by atoms with Crippen LogP contribution in [0, 0.1) is 11.3 Å². The lowest BCUT2D eigenvalue weighted by atomic mass is 10.1. The van der Waals surface area contributed by atoms with E-state index in [9.17, 15) is 13.2 Å². The summed E-state index contributed by atoms with van der Waals surface area (Å²) in [5.74, 6) is -0.00775. The molecule has 7 heteroatoms. The van der Waals surface area contributed by atoms with Gasteiger partial charge in [-0.2, -0.15) is 13.2 Å². The first kappa shape index (κ1) is 16.1. The van der Waals surface area contributed by atoms with Crippen LogP contribution in [0.2, 0.25) is 0 Å². The second kappa shape index (κ2) is 5.61. The van der Waals surface area contributed by atoms with Gasteiger partial charge >= 0.3 is 10.9 Å². The highest BCUT2D eigenvalue weighted by Gasteiger charge is 2.46. The Balaban J connectivity index is 0.000000487. The van der Waals surface area contributed by atoms with Gasteiger partial charge < -0.3 is 0 Å². The number of carbonyl (C=O) groups excluding carboxylic acids is 1. The quantitative estimate of drug-likeness (QED) is 0.600. The third-order valence-corrected chi connectivity index (χ3v) is 2.55. The molecule has 0 N–H and O–H groups in total. The van der Waals surface area contributed by atoms with Crippen LogP contribution in [0.3, 0.4) is 0 Å². The zero-order chi connectivity index (χ0) is 13.1. The van der Waals surface area contributed by atoms with E-state index in [0.717, 1.165) is 12.5 Å². The molecule has 1 aliphatic carbocycles. The molecule has 0 saturated heterocycles. The number of halogens is 6. The lowest BCUT2D eigenvalue weighted by molar-refractivity contribution is -0.0848. The van der Waals surface area contributed by atoms with E-state index in [1.807, 2.05) is 13.8 Å². The van der Waals surface area contributed by atoms with E-state index in [-0.39, 0.29) is 11.3 Å². The summed E-state index contributed by atoms with van der Waals surface area (Å²) in [5.41, 5.74) is 0.00535. The Bertz CT molecular complexity index is 293. The van der Waals surface area contributed by atoms with Gasteiger partial charge in [0.2, 0.25) is 0 Å². The van der Waals surface area contributed by atoms with Gasteiger partial charge in [-0.25, -0.2) is 0 Å². The normalized spacial score (nSPS) is 23.2. The topological polar surface area (TPSA) is 17.1 Å². The molecule has 1 aliphatic rings. The SMILES string of the molecule is CC1(C)CC1/C=C(\Cl)C(F)(F)F.O=C(Cl)Cl. The van der Waals surface area contributed by atoms with Gasteiger partial charge in [-0.05, 0) is 41.0 Å². The Morgan fingerprint density at radius 2 is 1.62 bits per heavy atom. The van der Waals surface area contributed by atoms with E-state index >= 15 is 0 Å². The molecule has 0 aromatic heterocycles. The third kappa shape index (κ3) is 6.61. The molecule has 16 heavy (non-hydrogen) atoms. The van der Waals surface area contributed by atoms with Gasteiger partial charge in [-0.1, -0.05) is 31.5 Å². The fourth-order valence-electron chi connectivity index (χ4n) is 1.06. The zero-order valence-corrected chi connectivity index (χ0v) is 10.8. The molecule has 1 saturated carbocycles. The summed E-state index contributed by atoms with van der Waals surface area (Å²) in [6, 6.07) is 0. The summed E-state index contributed by atoms with van der Waals surface area (Å²) in [6.45, 7) is 3.85. The molecule has 1 fully saturated rings. The van der Waals surface area contributed by atoms with Gasteiger partial charge in [0, 0.05) is 0 Å². The average Bonchev–Trinajstić information content (AvgIpc) is 2.54. The monoisotopic (exact) mass is 296 g/mol. The second-order valence-corrected chi connectivity index (χ2v) is 5.32. The fourth-order valence-corrected chi connectivity index (χ4v) is 1.22. The number of carbonyl (C=O) groups is 1. The summed E-state index contributed by atoms with van der Waals surface area (Å²) in [5, 5.41) is -0.988. The fraction of sp³-hybridized carbons (Fsp3) is 0.667. The van der Waals surface area contributed by atoms with Gasteiger partial charge in [-0.15, -0.1) is 0 Å². The largest absolute Gasteiger partial charge is 0.426 e. The number of allylic oxidation sites excluding steroid dienone is 2. The molecule has 0 aromatic carbocycles. The summed E-state index contributed by atoms with van der Waals surface area (Å²) < 4.78 is 34.8. The molecule has 1 atom stereocenters. The molecule has 0 heterocycles. The van der Waals surface area contributed by atoms with Crippen LogP contribution in [0.25, 0.3) is 0 Å². The van der Waals surface area contributed by atoms with Crippen molar-refractivity contribution in [3.05, 3.63) is 11.1 Å². The minimum atomic E-state index is -4.37. The molecule has 0 aromatic rings. The smallest absolute Gasteiger partial charge is 0.262 e. The molecule has 1 unspecified atom stereocenters. The maximum absolute atomic E-state index is 11.9. The lowest BCUT2D eigenvalue weighted by Gasteiger charge is -2.04. The van der Waals surface area contributed by atoms with E-state index in [1.54, 1.807) is 0 Å². The molecule has 1 nitrogen and oxygen atoms in total. The zero-order valence-electron chi connectivity index (χ0n) is 8.54. The maximum atomic E-state index is 11.9. The predicted molar refractivity (Wildman–Crippen MR) is 59.0 cm³/mol. The Morgan fingerprint density at radius 1 is 1.31 bits per heavy atom. The number of hydrogen-bond acceptors (Lipinski definition) is 1. The summed E-state index contributed by atoms with van der Waals surface area (Å²) >= 11 is 13.9. The van der Waals surface area contributed by atoms with Gasteiger partial charge in [-0.3, -0.25) is 4.79 Å². The standard InChI is InChI=1S/C8H10ClF3.CCl2O/c1-7(2)4-5(7)3-6(9)8(10,11)12;2-1(3)4/h3,5H,4H2,1-2H3;/b6-3-;. The highest BCUT2D eigenvalue weighted by atomic mass is 35.5. The molecule has 0 radical (unpaired) electrons. The van der Waals surface area contributed by atoms with Gasteiger partial charge in [0.05, 0.1) is 0 Å². The number of rotatable bonds is 1. The average molecular weight is 298 g/mol. The molecule has 1 rings (SSSR count). The van der Waals surface area contributed by atoms with Gasteiger partial charge in [0.25, 0.3) is 0 Å². The first-order chi connectivity index (χ1) is 6.97. The van der Waals surface area contributed by atoms with Crippen molar-refractivity contribution in [1.29, 1.82) is 0 Å². The van der Waals surface area contributed by atoms with Crippen LogP contribution in [0.1, 0.15) is 20.3 Å². The van der Waals surface area contributed by atoms with Crippen LogP contribution in [-0.4, -0.2) is 10.9 Å². The summed E-state index contributed by atoms with van der Waals surface area (Å²) in [6.07, 6.45) is -2.47. The minimum absolute atomic E-state index is 0.00535. The van der Waals surface area contributed by atoms with Crippen LogP contribution in [-0.2, 0) is 0 Å². The first-order valence-electron chi connectivity index (χ1n) is 4.26. The van der Waals surface area contributed by atoms with Crippen LogP contribution >= 0.6 is 34.8 Å². The van der Waals surface area contributed by atoms with Crippen molar-refractivity contribution in [2.75, 3.05) is 0 Å². The van der Waals surface area contributed by atoms with Crippen LogP contribution in [0.4, 0.5) is 18.0 Å². The van der Waals surface area contributed by atoms with Crippen LogP contribution in [0.5, 0.6) is 0 Å². The molecular weight excluding hydrogens is 287 g/mol. The van der Waals surface area contributed by atoms with E-state index in [0.29, 0.717) is 0 Å². The first-order valence-corrected chi connectivity index (χ1v) is 5.39.